The fraction of sp³-hybridized carbons (Fsp3) is 0.250. The molecule has 2 aromatic carbocycles. The molecule has 0 bridgehead atoms. The lowest BCUT2D eigenvalue weighted by Gasteiger charge is -2.23. The molecule has 1 aliphatic heterocycles. The Kier molecular flexibility index (Phi) is 4.85. The molecule has 30 heavy (non-hydrogen) atoms. The molecule has 152 valence electrons. The van der Waals surface area contributed by atoms with Crippen LogP contribution in [0.3, 0.4) is 0 Å². The molecule has 2 N–H and O–H groups in total. The summed E-state index contributed by atoms with van der Waals surface area (Å²) in [4.78, 5) is 22.9. The van der Waals surface area contributed by atoms with Gasteiger partial charge in [0.2, 0.25) is 5.91 Å². The number of aryl methyl sites for hydroxylation is 1. The van der Waals surface area contributed by atoms with Gasteiger partial charge in [0, 0.05) is 47.4 Å². The summed E-state index contributed by atoms with van der Waals surface area (Å²) in [6.07, 6.45) is 7.71. The zero-order chi connectivity index (χ0) is 20.5. The smallest absolute Gasteiger partial charge is 0.241 e. The number of carbonyl (C=O) groups excluding carboxylic acids is 1. The van der Waals surface area contributed by atoms with Crippen molar-refractivity contribution in [1.82, 2.24) is 19.4 Å². The fourth-order valence-corrected chi connectivity index (χ4v) is 4.38. The number of fused-ring (bicyclic) bond motifs is 1. The van der Waals surface area contributed by atoms with E-state index in [1.807, 2.05) is 48.0 Å². The van der Waals surface area contributed by atoms with E-state index in [0.717, 1.165) is 48.6 Å². The second-order valence-electron chi connectivity index (χ2n) is 7.87. The number of carbonyl (C=O) groups is 1. The molecule has 6 heteroatoms. The standard InChI is InChI=1S/C24H25N5O/c1-17-25-12-14-29(17)20-10-8-19(9-11-20)27-24(30)23-7-4-13-28(23)16-18-15-26-22-6-3-2-5-21(18)22/h2-3,5-6,8-12,14-15,23,26H,4,7,13,16H2,1H3,(H,27,30)/t23-/m0/s1. The van der Waals surface area contributed by atoms with Crippen LogP contribution in [0.15, 0.2) is 67.1 Å². The maximum Gasteiger partial charge on any atom is 0.241 e. The molecule has 0 saturated carbocycles. The van der Waals surface area contributed by atoms with E-state index in [1.54, 1.807) is 6.20 Å². The summed E-state index contributed by atoms with van der Waals surface area (Å²) in [6, 6.07) is 16.1. The van der Waals surface area contributed by atoms with Crippen molar-refractivity contribution in [3.05, 3.63) is 78.5 Å². The summed E-state index contributed by atoms with van der Waals surface area (Å²) < 4.78 is 2.02. The van der Waals surface area contributed by atoms with Crippen molar-refractivity contribution in [3.63, 3.8) is 0 Å². The van der Waals surface area contributed by atoms with Gasteiger partial charge >= 0.3 is 0 Å². The molecule has 1 amide bonds. The Hall–Kier alpha value is -3.38. The molecule has 1 atom stereocenters. The van der Waals surface area contributed by atoms with Gasteiger partial charge in [-0.25, -0.2) is 4.98 Å². The molecule has 2 aromatic heterocycles. The van der Waals surface area contributed by atoms with Crippen molar-refractivity contribution >= 4 is 22.5 Å². The van der Waals surface area contributed by atoms with Crippen LogP contribution in [0.5, 0.6) is 0 Å². The Balaban J connectivity index is 1.28. The maximum absolute atomic E-state index is 13.0. The topological polar surface area (TPSA) is 66.0 Å². The van der Waals surface area contributed by atoms with E-state index in [0.29, 0.717) is 0 Å². The van der Waals surface area contributed by atoms with Gasteiger partial charge < -0.3 is 14.9 Å². The molecular formula is C24H25N5O. The molecule has 3 heterocycles. The number of hydrogen-bond acceptors (Lipinski definition) is 3. The van der Waals surface area contributed by atoms with Crippen molar-refractivity contribution in [2.24, 2.45) is 0 Å². The first kappa shape index (κ1) is 18.6. The quantitative estimate of drug-likeness (QED) is 0.527. The number of benzene rings is 2. The molecule has 4 aromatic rings. The third-order valence-corrected chi connectivity index (χ3v) is 5.95. The van der Waals surface area contributed by atoms with Gasteiger partial charge in [-0.1, -0.05) is 18.2 Å². The van der Waals surface area contributed by atoms with Crippen LogP contribution in [0.2, 0.25) is 0 Å². The number of nitrogens with one attached hydrogen (secondary N) is 2. The first-order chi connectivity index (χ1) is 14.7. The molecule has 1 aliphatic rings. The first-order valence-electron chi connectivity index (χ1n) is 10.4. The minimum atomic E-state index is -0.103. The minimum absolute atomic E-state index is 0.0684. The van der Waals surface area contributed by atoms with Crippen LogP contribution >= 0.6 is 0 Å². The lowest BCUT2D eigenvalue weighted by Crippen LogP contribution is -2.39. The van der Waals surface area contributed by atoms with Crippen LogP contribution in [0.25, 0.3) is 16.6 Å². The van der Waals surface area contributed by atoms with Crippen LogP contribution in [0, 0.1) is 6.92 Å². The normalized spacial score (nSPS) is 16.9. The molecule has 0 unspecified atom stereocenters. The largest absolute Gasteiger partial charge is 0.361 e. The zero-order valence-corrected chi connectivity index (χ0v) is 17.0. The molecule has 0 spiro atoms. The van der Waals surface area contributed by atoms with Crippen LogP contribution in [0.4, 0.5) is 5.69 Å². The second kappa shape index (κ2) is 7.80. The van der Waals surface area contributed by atoms with Gasteiger partial charge in [-0.3, -0.25) is 9.69 Å². The van der Waals surface area contributed by atoms with Crippen molar-refractivity contribution < 1.29 is 4.79 Å². The fourth-order valence-electron chi connectivity index (χ4n) is 4.38. The van der Waals surface area contributed by atoms with Crippen LogP contribution in [0.1, 0.15) is 24.2 Å². The number of para-hydroxylation sites is 1. The van der Waals surface area contributed by atoms with Gasteiger partial charge in [0.05, 0.1) is 6.04 Å². The van der Waals surface area contributed by atoms with Gasteiger partial charge in [-0.15, -0.1) is 0 Å². The lowest BCUT2D eigenvalue weighted by atomic mass is 10.1. The van der Waals surface area contributed by atoms with E-state index in [4.69, 9.17) is 0 Å². The van der Waals surface area contributed by atoms with Crippen molar-refractivity contribution in [1.29, 1.82) is 0 Å². The number of aromatic amines is 1. The van der Waals surface area contributed by atoms with E-state index in [2.05, 4.69) is 44.6 Å². The first-order valence-corrected chi connectivity index (χ1v) is 10.4. The average Bonchev–Trinajstić information content (AvgIpc) is 3.50. The predicted octanol–water partition coefficient (Wildman–Crippen LogP) is 4.27. The number of H-pyrrole nitrogens is 1. The Morgan fingerprint density at radius 3 is 2.83 bits per heavy atom. The van der Waals surface area contributed by atoms with E-state index in [1.165, 1.54) is 10.9 Å². The second-order valence-corrected chi connectivity index (χ2v) is 7.87. The summed E-state index contributed by atoms with van der Waals surface area (Å²) in [5.41, 5.74) is 4.23. The summed E-state index contributed by atoms with van der Waals surface area (Å²) in [5, 5.41) is 4.33. The highest BCUT2D eigenvalue weighted by Gasteiger charge is 2.31. The lowest BCUT2D eigenvalue weighted by molar-refractivity contribution is -0.120. The number of rotatable bonds is 5. The summed E-state index contributed by atoms with van der Waals surface area (Å²) in [6.45, 7) is 3.69. The molecular weight excluding hydrogens is 374 g/mol. The predicted molar refractivity (Wildman–Crippen MR) is 119 cm³/mol. The summed E-state index contributed by atoms with van der Waals surface area (Å²) in [7, 11) is 0. The van der Waals surface area contributed by atoms with Gasteiger partial charge in [0.25, 0.3) is 0 Å². The Morgan fingerprint density at radius 1 is 1.20 bits per heavy atom. The Bertz CT molecular complexity index is 1170. The summed E-state index contributed by atoms with van der Waals surface area (Å²) >= 11 is 0. The number of imidazole rings is 1. The van der Waals surface area contributed by atoms with Gasteiger partial charge in [0.15, 0.2) is 0 Å². The minimum Gasteiger partial charge on any atom is -0.361 e. The monoisotopic (exact) mass is 399 g/mol. The zero-order valence-electron chi connectivity index (χ0n) is 17.0. The number of likely N-dealkylation sites (tertiary alicyclic amines) is 1. The van der Waals surface area contributed by atoms with Crippen LogP contribution < -0.4 is 5.32 Å². The molecule has 0 aliphatic carbocycles. The van der Waals surface area contributed by atoms with E-state index >= 15 is 0 Å². The Labute approximate surface area is 175 Å². The van der Waals surface area contributed by atoms with Crippen molar-refractivity contribution in [3.8, 4) is 5.69 Å². The van der Waals surface area contributed by atoms with E-state index in [-0.39, 0.29) is 11.9 Å². The highest BCUT2D eigenvalue weighted by molar-refractivity contribution is 5.95. The molecule has 0 radical (unpaired) electrons. The number of aromatic nitrogens is 3. The third-order valence-electron chi connectivity index (χ3n) is 5.95. The molecule has 6 nitrogen and oxygen atoms in total. The number of amides is 1. The highest BCUT2D eigenvalue weighted by Crippen LogP contribution is 2.25. The third kappa shape index (κ3) is 3.50. The number of hydrogen-bond donors (Lipinski definition) is 2. The van der Waals surface area contributed by atoms with E-state index < -0.39 is 0 Å². The SMILES string of the molecule is Cc1nccn1-c1ccc(NC(=O)[C@@H]2CCCN2Cc2c[nH]c3ccccc23)cc1. The van der Waals surface area contributed by atoms with E-state index in [9.17, 15) is 4.79 Å². The van der Waals surface area contributed by atoms with Crippen LogP contribution in [-0.2, 0) is 11.3 Å². The molecule has 1 saturated heterocycles. The molecule has 1 fully saturated rings. The highest BCUT2D eigenvalue weighted by atomic mass is 16.2. The Morgan fingerprint density at radius 2 is 2.03 bits per heavy atom. The number of anilines is 1. The van der Waals surface area contributed by atoms with Crippen molar-refractivity contribution in [2.75, 3.05) is 11.9 Å². The summed E-state index contributed by atoms with van der Waals surface area (Å²) in [5.74, 6) is 1.00. The average molecular weight is 399 g/mol. The van der Waals surface area contributed by atoms with Gasteiger partial charge in [-0.2, -0.15) is 0 Å². The van der Waals surface area contributed by atoms with Crippen LogP contribution in [-0.4, -0.2) is 37.9 Å². The van der Waals surface area contributed by atoms with Gasteiger partial charge in [-0.05, 0) is 62.2 Å². The van der Waals surface area contributed by atoms with Gasteiger partial charge in [0.1, 0.15) is 5.82 Å². The molecule has 5 rings (SSSR count). The maximum atomic E-state index is 13.0. The van der Waals surface area contributed by atoms with Crippen molar-refractivity contribution in [2.45, 2.75) is 32.4 Å². The number of nitrogens with zero attached hydrogens (tertiary/aromatic N) is 3.